The predicted molar refractivity (Wildman–Crippen MR) is 126 cm³/mol. The van der Waals surface area contributed by atoms with Gasteiger partial charge in [-0.1, -0.05) is 6.07 Å². The average molecular weight is 426 g/mol. The van der Waals surface area contributed by atoms with Crippen LogP contribution in [0, 0.1) is 11.3 Å². The number of nitriles is 1. The summed E-state index contributed by atoms with van der Waals surface area (Å²) in [4.78, 5) is 20.0. The van der Waals surface area contributed by atoms with E-state index in [1.807, 2.05) is 36.5 Å². The number of aryl methyl sites for hydroxylation is 1. The van der Waals surface area contributed by atoms with Crippen LogP contribution >= 0.6 is 11.3 Å². The zero-order valence-electron chi connectivity index (χ0n) is 17.3. The molecule has 0 atom stereocenters. The first-order chi connectivity index (χ1) is 15.0. The Bertz CT molecular complexity index is 1550. The SMILES string of the molecule is CN(C)c1ccc(C#N)cc1-n1c(=O)n(C)c2cnc3ccc(-c4ccsc4)cc3c21. The van der Waals surface area contributed by atoms with Gasteiger partial charge in [0.25, 0.3) is 0 Å². The highest BCUT2D eigenvalue weighted by molar-refractivity contribution is 7.08. The lowest BCUT2D eigenvalue weighted by molar-refractivity contribution is 0.844. The van der Waals surface area contributed by atoms with Crippen LogP contribution in [0.5, 0.6) is 0 Å². The molecule has 6 nitrogen and oxygen atoms in total. The van der Waals surface area contributed by atoms with Crippen molar-refractivity contribution in [2.75, 3.05) is 19.0 Å². The molecule has 152 valence electrons. The molecule has 0 saturated heterocycles. The van der Waals surface area contributed by atoms with Gasteiger partial charge in [0, 0.05) is 26.5 Å². The monoisotopic (exact) mass is 425 g/mol. The Hall–Kier alpha value is -3.89. The van der Waals surface area contributed by atoms with Crippen LogP contribution in [-0.2, 0) is 7.05 Å². The molecule has 0 saturated carbocycles. The normalized spacial score (nSPS) is 11.2. The molecule has 0 N–H and O–H groups in total. The summed E-state index contributed by atoms with van der Waals surface area (Å²) in [5.41, 5.74) is 6.40. The topological polar surface area (TPSA) is 66.8 Å². The molecule has 0 aliphatic carbocycles. The van der Waals surface area contributed by atoms with Crippen LogP contribution in [0.3, 0.4) is 0 Å². The Kier molecular flexibility index (Phi) is 4.38. The number of nitrogens with zero attached hydrogens (tertiary/aromatic N) is 5. The lowest BCUT2D eigenvalue weighted by Gasteiger charge is -2.18. The zero-order chi connectivity index (χ0) is 21.7. The third kappa shape index (κ3) is 2.92. The maximum Gasteiger partial charge on any atom is 0.333 e. The van der Waals surface area contributed by atoms with E-state index in [1.165, 1.54) is 0 Å². The minimum absolute atomic E-state index is 0.177. The van der Waals surface area contributed by atoms with Gasteiger partial charge >= 0.3 is 5.69 Å². The highest BCUT2D eigenvalue weighted by Gasteiger charge is 2.20. The second-order valence-corrected chi connectivity index (χ2v) is 8.40. The third-order valence-corrected chi connectivity index (χ3v) is 6.25. The van der Waals surface area contributed by atoms with Crippen LogP contribution in [-0.4, -0.2) is 28.2 Å². The van der Waals surface area contributed by atoms with Gasteiger partial charge < -0.3 is 4.90 Å². The van der Waals surface area contributed by atoms with Crippen LogP contribution in [0.25, 0.3) is 38.8 Å². The minimum atomic E-state index is -0.177. The van der Waals surface area contributed by atoms with Crippen molar-refractivity contribution < 1.29 is 0 Å². The third-order valence-electron chi connectivity index (χ3n) is 5.57. The fourth-order valence-electron chi connectivity index (χ4n) is 3.98. The number of imidazole rings is 1. The first kappa shape index (κ1) is 19.1. The van der Waals surface area contributed by atoms with E-state index in [1.54, 1.807) is 45.8 Å². The minimum Gasteiger partial charge on any atom is -0.376 e. The van der Waals surface area contributed by atoms with Gasteiger partial charge in [0.2, 0.25) is 0 Å². The van der Waals surface area contributed by atoms with Gasteiger partial charge in [-0.25, -0.2) is 4.79 Å². The number of thiophene rings is 1. The molecular formula is C24H19N5OS. The van der Waals surface area contributed by atoms with Crippen molar-refractivity contribution in [3.05, 3.63) is 75.5 Å². The zero-order valence-corrected chi connectivity index (χ0v) is 18.1. The lowest BCUT2D eigenvalue weighted by Crippen LogP contribution is -2.23. The van der Waals surface area contributed by atoms with E-state index in [-0.39, 0.29) is 5.69 Å². The van der Waals surface area contributed by atoms with E-state index in [0.29, 0.717) is 11.3 Å². The van der Waals surface area contributed by atoms with E-state index >= 15 is 0 Å². The Morgan fingerprint density at radius 1 is 1.10 bits per heavy atom. The van der Waals surface area contributed by atoms with E-state index in [2.05, 4.69) is 34.6 Å². The number of rotatable bonds is 3. The number of pyridine rings is 1. The van der Waals surface area contributed by atoms with Crippen LogP contribution in [0.15, 0.2) is 64.2 Å². The van der Waals surface area contributed by atoms with Gasteiger partial charge in [-0.3, -0.25) is 14.1 Å². The van der Waals surface area contributed by atoms with Gasteiger partial charge in [0.1, 0.15) is 0 Å². The molecule has 0 aliphatic rings. The Balaban J connectivity index is 1.94. The average Bonchev–Trinajstić information content (AvgIpc) is 3.40. The molecule has 31 heavy (non-hydrogen) atoms. The maximum absolute atomic E-state index is 13.4. The second-order valence-electron chi connectivity index (χ2n) is 7.62. The number of benzene rings is 2. The largest absolute Gasteiger partial charge is 0.376 e. The standard InChI is InChI=1S/C24H19N5OS/c1-27(2)20-7-4-15(12-25)10-21(20)29-23-18-11-16(17-8-9-31-14-17)5-6-19(18)26-13-22(23)28(3)24(29)30/h4-11,13-14H,1-3H3. The summed E-state index contributed by atoms with van der Waals surface area (Å²) in [6.45, 7) is 0. The van der Waals surface area contributed by atoms with Crippen LogP contribution < -0.4 is 10.6 Å². The molecule has 5 rings (SSSR count). The molecule has 3 heterocycles. The van der Waals surface area contributed by atoms with Crippen LogP contribution in [0.1, 0.15) is 5.56 Å². The van der Waals surface area contributed by atoms with E-state index in [0.717, 1.165) is 38.8 Å². The molecule has 0 radical (unpaired) electrons. The fourth-order valence-corrected chi connectivity index (χ4v) is 4.64. The number of anilines is 1. The summed E-state index contributed by atoms with van der Waals surface area (Å²) < 4.78 is 3.31. The summed E-state index contributed by atoms with van der Waals surface area (Å²) in [5, 5.41) is 14.5. The summed E-state index contributed by atoms with van der Waals surface area (Å²) in [7, 11) is 5.60. The summed E-state index contributed by atoms with van der Waals surface area (Å²) in [5.74, 6) is 0. The smallest absolute Gasteiger partial charge is 0.333 e. The van der Waals surface area contributed by atoms with Crippen molar-refractivity contribution in [1.29, 1.82) is 5.26 Å². The maximum atomic E-state index is 13.4. The summed E-state index contributed by atoms with van der Waals surface area (Å²) in [6.07, 6.45) is 1.74. The molecule has 0 unspecified atom stereocenters. The fraction of sp³-hybridized carbons (Fsp3) is 0.125. The summed E-state index contributed by atoms with van der Waals surface area (Å²) in [6, 6.07) is 15.8. The molecule has 7 heteroatoms. The summed E-state index contributed by atoms with van der Waals surface area (Å²) >= 11 is 1.65. The predicted octanol–water partition coefficient (Wildman–Crippen LogP) is 4.54. The molecule has 2 aromatic carbocycles. The Labute approximate surface area is 182 Å². The lowest BCUT2D eigenvalue weighted by atomic mass is 10.1. The van der Waals surface area contributed by atoms with Gasteiger partial charge in [-0.2, -0.15) is 16.6 Å². The molecule has 0 fully saturated rings. The molecule has 5 aromatic rings. The first-order valence-electron chi connectivity index (χ1n) is 9.74. The molecule has 0 aliphatic heterocycles. The molecular weight excluding hydrogens is 406 g/mol. The van der Waals surface area contributed by atoms with Crippen molar-refractivity contribution in [1.82, 2.24) is 14.1 Å². The van der Waals surface area contributed by atoms with Crippen molar-refractivity contribution in [3.8, 4) is 22.9 Å². The number of fused-ring (bicyclic) bond motifs is 3. The molecule has 0 amide bonds. The molecule has 0 spiro atoms. The van der Waals surface area contributed by atoms with Crippen molar-refractivity contribution in [2.24, 2.45) is 7.05 Å². The first-order valence-corrected chi connectivity index (χ1v) is 10.7. The second kappa shape index (κ2) is 7.11. The number of hydrogen-bond donors (Lipinski definition) is 0. The number of aromatic nitrogens is 3. The van der Waals surface area contributed by atoms with Crippen LogP contribution in [0.4, 0.5) is 5.69 Å². The molecule has 3 aromatic heterocycles. The van der Waals surface area contributed by atoms with Gasteiger partial charge in [0.05, 0.1) is 45.8 Å². The van der Waals surface area contributed by atoms with Crippen molar-refractivity contribution in [3.63, 3.8) is 0 Å². The van der Waals surface area contributed by atoms with E-state index in [4.69, 9.17) is 0 Å². The number of hydrogen-bond acceptors (Lipinski definition) is 5. The Morgan fingerprint density at radius 3 is 2.65 bits per heavy atom. The van der Waals surface area contributed by atoms with E-state index < -0.39 is 0 Å². The Morgan fingerprint density at radius 2 is 1.94 bits per heavy atom. The van der Waals surface area contributed by atoms with Gasteiger partial charge in [0.15, 0.2) is 0 Å². The van der Waals surface area contributed by atoms with Crippen molar-refractivity contribution in [2.45, 2.75) is 0 Å². The van der Waals surface area contributed by atoms with Gasteiger partial charge in [-0.05, 0) is 58.3 Å². The highest BCUT2D eigenvalue weighted by atomic mass is 32.1. The van der Waals surface area contributed by atoms with Crippen LogP contribution in [0.2, 0.25) is 0 Å². The van der Waals surface area contributed by atoms with Crippen molar-refractivity contribution >= 4 is 39.0 Å². The molecule has 0 bridgehead atoms. The van der Waals surface area contributed by atoms with E-state index in [9.17, 15) is 10.1 Å². The van der Waals surface area contributed by atoms with Gasteiger partial charge in [-0.15, -0.1) is 0 Å². The quantitative estimate of drug-likeness (QED) is 0.426. The highest BCUT2D eigenvalue weighted by Crippen LogP contribution is 2.32.